The molecule has 3 aromatic rings. The molecular weight excluding hydrogens is 794 g/mol. The number of hydrogen-bond donors (Lipinski definition) is 0. The SMILES string of the molecule is [Br][In]([Br])[CH2]/C=C/c1ccccc1.[Br][In]([CH2]/C=C/c1ccccc1)[CH2]/C=C/c1ccccc1. The molecule has 0 aliphatic heterocycles. The molecule has 0 atom stereocenters. The average Bonchev–Trinajstić information content (AvgIpc) is 2.81. The van der Waals surface area contributed by atoms with Crippen LogP contribution in [-0.2, 0) is 0 Å². The van der Waals surface area contributed by atoms with E-state index in [1.165, 1.54) is 29.2 Å². The fraction of sp³-hybridized carbons (Fsp3) is 0.111. The van der Waals surface area contributed by atoms with Crippen LogP contribution in [0.4, 0.5) is 0 Å². The van der Waals surface area contributed by atoms with Crippen molar-refractivity contribution in [3.05, 3.63) is 126 Å². The third kappa shape index (κ3) is 14.3. The van der Waals surface area contributed by atoms with Gasteiger partial charge in [0.25, 0.3) is 0 Å². The van der Waals surface area contributed by atoms with Crippen LogP contribution < -0.4 is 0 Å². The summed E-state index contributed by atoms with van der Waals surface area (Å²) >= 11 is 8.29. The number of halogens is 3. The van der Waals surface area contributed by atoms with Crippen molar-refractivity contribution in [2.45, 2.75) is 12.5 Å². The molecule has 0 aliphatic carbocycles. The topological polar surface area (TPSA) is 0 Å². The molecule has 0 aromatic heterocycles. The second-order valence-electron chi connectivity index (χ2n) is 7.13. The Hall–Kier alpha value is 0.0603. The van der Waals surface area contributed by atoms with Crippen LogP contribution in [0.2, 0.25) is 12.5 Å². The van der Waals surface area contributed by atoms with E-state index in [-0.39, 0.29) is 0 Å². The number of hydrogen-bond acceptors (Lipinski definition) is 0. The van der Waals surface area contributed by atoms with E-state index in [1.807, 2.05) is 6.07 Å². The first kappa shape index (κ1) is 28.3. The standard InChI is InChI=1S/3C9H9.3BrH.2In/c3*1-2-6-9-7-4-3-5-8-9;;;;;/h3*2-8H,1H2;3*1H;;/q;;;;;;+1;+2/p-3/b3*6-2+;;;;;. The van der Waals surface area contributed by atoms with Crippen molar-refractivity contribution in [3.63, 3.8) is 0 Å². The summed E-state index contributed by atoms with van der Waals surface area (Å²) in [4.78, 5) is 0. The van der Waals surface area contributed by atoms with Crippen molar-refractivity contribution in [2.24, 2.45) is 0 Å². The summed E-state index contributed by atoms with van der Waals surface area (Å²) in [6, 6.07) is 31.4. The molecule has 0 nitrogen and oxygen atoms in total. The Kier molecular flexibility index (Phi) is 16.3. The molecule has 32 heavy (non-hydrogen) atoms. The van der Waals surface area contributed by atoms with Gasteiger partial charge in [-0.05, 0) is 0 Å². The van der Waals surface area contributed by atoms with Crippen LogP contribution in [0.15, 0.2) is 109 Å². The van der Waals surface area contributed by atoms with Gasteiger partial charge in [-0.3, -0.25) is 0 Å². The van der Waals surface area contributed by atoms with Gasteiger partial charge in [0.05, 0.1) is 0 Å². The van der Waals surface area contributed by atoms with Crippen LogP contribution in [0.5, 0.6) is 0 Å². The Morgan fingerprint density at radius 1 is 0.469 bits per heavy atom. The molecule has 0 unspecified atom stereocenters. The van der Waals surface area contributed by atoms with E-state index in [9.17, 15) is 0 Å². The molecule has 0 bridgehead atoms. The van der Waals surface area contributed by atoms with E-state index >= 15 is 0 Å². The third-order valence-electron chi connectivity index (χ3n) is 4.43. The van der Waals surface area contributed by atoms with Gasteiger partial charge in [0.1, 0.15) is 0 Å². The molecule has 0 fully saturated rings. The van der Waals surface area contributed by atoms with Crippen molar-refractivity contribution in [1.82, 2.24) is 0 Å². The van der Waals surface area contributed by atoms with Gasteiger partial charge in [-0.15, -0.1) is 0 Å². The molecule has 162 valence electrons. The predicted octanol–water partition coefficient (Wildman–Crippen LogP) is 9.78. The van der Waals surface area contributed by atoms with Crippen molar-refractivity contribution in [1.29, 1.82) is 0 Å². The molecule has 3 aromatic carbocycles. The predicted molar refractivity (Wildman–Crippen MR) is 159 cm³/mol. The summed E-state index contributed by atoms with van der Waals surface area (Å²) in [5.74, 6) is 0. The molecular formula is C27H27Br3In2. The van der Waals surface area contributed by atoms with Gasteiger partial charge < -0.3 is 0 Å². The molecule has 0 aliphatic rings. The molecule has 0 spiro atoms. The van der Waals surface area contributed by atoms with E-state index in [0.717, 1.165) is 0 Å². The second kappa shape index (κ2) is 18.4. The second-order valence-corrected chi connectivity index (χ2v) is 48.6. The minimum absolute atomic E-state index is 1.20. The maximum absolute atomic E-state index is 3.93. The van der Waals surface area contributed by atoms with Crippen molar-refractivity contribution < 1.29 is 0 Å². The number of rotatable bonds is 9. The van der Waals surface area contributed by atoms with Gasteiger partial charge in [0.15, 0.2) is 0 Å². The van der Waals surface area contributed by atoms with Gasteiger partial charge in [-0.1, -0.05) is 0 Å². The zero-order chi connectivity index (χ0) is 22.9. The molecule has 0 saturated carbocycles. The Morgan fingerprint density at radius 3 is 1.09 bits per heavy atom. The van der Waals surface area contributed by atoms with Gasteiger partial charge in [0.2, 0.25) is 0 Å². The zero-order valence-electron chi connectivity index (χ0n) is 18.0. The Balaban J connectivity index is 0.000000258. The fourth-order valence-electron chi connectivity index (χ4n) is 2.80. The summed E-state index contributed by atoms with van der Waals surface area (Å²) in [5, 5.41) is 0. The normalized spacial score (nSPS) is 11.0. The first-order valence-electron chi connectivity index (χ1n) is 10.7. The van der Waals surface area contributed by atoms with Crippen molar-refractivity contribution in [2.75, 3.05) is 0 Å². The Morgan fingerprint density at radius 2 is 0.781 bits per heavy atom. The van der Waals surface area contributed by atoms with E-state index in [2.05, 4.69) is 158 Å². The van der Waals surface area contributed by atoms with Crippen LogP contribution in [0, 0.1) is 0 Å². The van der Waals surface area contributed by atoms with Gasteiger partial charge in [-0.25, -0.2) is 0 Å². The van der Waals surface area contributed by atoms with Crippen LogP contribution in [0.3, 0.4) is 0 Å². The summed E-state index contributed by atoms with van der Waals surface area (Å²) in [6.07, 6.45) is 13.5. The summed E-state index contributed by atoms with van der Waals surface area (Å²) in [5.41, 5.74) is 3.86. The van der Waals surface area contributed by atoms with Crippen LogP contribution in [-0.4, -0.2) is 35.9 Å². The van der Waals surface area contributed by atoms with Crippen molar-refractivity contribution >= 4 is 91.0 Å². The van der Waals surface area contributed by atoms with E-state index in [0.29, 0.717) is 0 Å². The average molecular weight is 821 g/mol. The monoisotopic (exact) mass is 818 g/mol. The van der Waals surface area contributed by atoms with E-state index < -0.39 is 35.9 Å². The summed E-state index contributed by atoms with van der Waals surface area (Å²) in [6.45, 7) is 0. The molecule has 0 N–H and O–H groups in total. The van der Waals surface area contributed by atoms with Crippen LogP contribution in [0.1, 0.15) is 16.7 Å². The molecule has 0 saturated heterocycles. The molecule has 0 radical (unpaired) electrons. The maximum atomic E-state index is 3.93. The number of benzene rings is 3. The fourth-order valence-corrected chi connectivity index (χ4v) is 12.6. The molecule has 3 rings (SSSR count). The summed E-state index contributed by atoms with van der Waals surface area (Å²) < 4.78 is 3.70. The molecule has 5 heteroatoms. The quantitative estimate of drug-likeness (QED) is 0.202. The van der Waals surface area contributed by atoms with Crippen LogP contribution >= 0.6 is 36.9 Å². The van der Waals surface area contributed by atoms with Gasteiger partial charge >= 0.3 is 229 Å². The first-order valence-corrected chi connectivity index (χ1v) is 39.9. The molecule has 0 heterocycles. The summed E-state index contributed by atoms with van der Waals surface area (Å²) in [7, 11) is 0. The third-order valence-corrected chi connectivity index (χ3v) is 20.7. The van der Waals surface area contributed by atoms with Gasteiger partial charge in [0, 0.05) is 0 Å². The Bertz CT molecular complexity index is 889. The van der Waals surface area contributed by atoms with E-state index in [1.54, 1.807) is 0 Å². The van der Waals surface area contributed by atoms with E-state index in [4.69, 9.17) is 0 Å². The van der Waals surface area contributed by atoms with Crippen molar-refractivity contribution in [3.8, 4) is 0 Å². The zero-order valence-corrected chi connectivity index (χ0v) is 29.4. The Labute approximate surface area is 226 Å². The number of allylic oxidation sites excluding steroid dienone is 3. The van der Waals surface area contributed by atoms with Gasteiger partial charge in [-0.2, -0.15) is 0 Å². The first-order chi connectivity index (χ1) is 15.6. The van der Waals surface area contributed by atoms with Crippen LogP contribution in [0.25, 0.3) is 18.2 Å². The molecule has 0 amide bonds. The minimum atomic E-state index is -1.53.